The van der Waals surface area contributed by atoms with Crippen LogP contribution in [-0.4, -0.2) is 71.0 Å². The van der Waals surface area contributed by atoms with Crippen LogP contribution in [0.4, 0.5) is 0 Å². The van der Waals surface area contributed by atoms with Gasteiger partial charge in [-0.15, -0.1) is 0 Å². The van der Waals surface area contributed by atoms with Crippen molar-refractivity contribution in [3.05, 3.63) is 0 Å². The maximum absolute atomic E-state index is 12.0. The number of rotatable bonds is 13. The first-order valence-corrected chi connectivity index (χ1v) is 8.64. The second kappa shape index (κ2) is 12.5. The van der Waals surface area contributed by atoms with Crippen LogP contribution in [-0.2, 0) is 28.8 Å². The van der Waals surface area contributed by atoms with E-state index in [0.29, 0.717) is 0 Å². The summed E-state index contributed by atoms with van der Waals surface area (Å²) in [5.74, 6) is -5.53. The molecule has 0 aliphatic heterocycles. The molecular formula is C14H24N6O7S. The third-order valence-corrected chi connectivity index (χ3v) is 3.68. The summed E-state index contributed by atoms with van der Waals surface area (Å²) < 4.78 is 0. The molecule has 0 heterocycles. The van der Waals surface area contributed by atoms with Crippen LogP contribution in [0.25, 0.3) is 0 Å². The molecule has 3 unspecified atom stereocenters. The van der Waals surface area contributed by atoms with E-state index < -0.39 is 66.6 Å². The van der Waals surface area contributed by atoms with E-state index in [1.165, 1.54) is 0 Å². The van der Waals surface area contributed by atoms with Gasteiger partial charge in [0.25, 0.3) is 0 Å². The van der Waals surface area contributed by atoms with Crippen LogP contribution in [0.5, 0.6) is 0 Å². The Balaban J connectivity index is 4.58. The van der Waals surface area contributed by atoms with Crippen LogP contribution in [0.1, 0.15) is 19.3 Å². The molecule has 10 N–H and O–H groups in total. The highest BCUT2D eigenvalue weighted by molar-refractivity contribution is 7.80. The summed E-state index contributed by atoms with van der Waals surface area (Å²) in [4.78, 5) is 68.1. The van der Waals surface area contributed by atoms with Crippen LogP contribution in [0.15, 0.2) is 0 Å². The van der Waals surface area contributed by atoms with E-state index >= 15 is 0 Å². The number of hydrogen-bond donors (Lipinski definition) is 8. The SMILES string of the molecule is NC(=O)CCC(N)C(=O)NC(CS)C(=O)NCC(=O)NC(CC(N)=O)C(=O)O. The lowest BCUT2D eigenvalue weighted by atomic mass is 10.1. The molecule has 5 amide bonds. The number of carbonyl (C=O) groups excluding carboxylic acids is 5. The van der Waals surface area contributed by atoms with Gasteiger partial charge in [-0.2, -0.15) is 12.6 Å². The zero-order valence-corrected chi connectivity index (χ0v) is 15.7. The van der Waals surface area contributed by atoms with Crippen molar-refractivity contribution in [1.29, 1.82) is 0 Å². The fourth-order valence-electron chi connectivity index (χ4n) is 1.84. The van der Waals surface area contributed by atoms with E-state index in [4.69, 9.17) is 22.3 Å². The lowest BCUT2D eigenvalue weighted by molar-refractivity contribution is -0.143. The van der Waals surface area contributed by atoms with Gasteiger partial charge in [-0.1, -0.05) is 0 Å². The average molecular weight is 420 g/mol. The Morgan fingerprint density at radius 1 is 0.929 bits per heavy atom. The summed E-state index contributed by atoms with van der Waals surface area (Å²) in [6.45, 7) is -0.616. The third kappa shape index (κ3) is 10.3. The number of aliphatic carboxylic acids is 1. The topological polar surface area (TPSA) is 237 Å². The fourth-order valence-corrected chi connectivity index (χ4v) is 2.10. The molecule has 0 fully saturated rings. The van der Waals surface area contributed by atoms with Crippen molar-refractivity contribution in [3.63, 3.8) is 0 Å². The highest BCUT2D eigenvalue weighted by Crippen LogP contribution is 1.97. The van der Waals surface area contributed by atoms with Gasteiger partial charge >= 0.3 is 5.97 Å². The number of primary amides is 2. The van der Waals surface area contributed by atoms with Crippen molar-refractivity contribution < 1.29 is 33.9 Å². The first kappa shape index (κ1) is 25.1. The summed E-state index contributed by atoms with van der Waals surface area (Å²) in [6.07, 6.45) is -0.739. The maximum Gasteiger partial charge on any atom is 0.326 e. The number of hydrogen-bond acceptors (Lipinski definition) is 8. The van der Waals surface area contributed by atoms with Crippen LogP contribution >= 0.6 is 12.6 Å². The minimum absolute atomic E-state index is 0.0130. The minimum atomic E-state index is -1.54. The zero-order valence-electron chi connectivity index (χ0n) is 14.8. The van der Waals surface area contributed by atoms with Gasteiger partial charge in [-0.05, 0) is 6.42 Å². The first-order chi connectivity index (χ1) is 13.0. The zero-order chi connectivity index (χ0) is 21.9. The molecule has 158 valence electrons. The molecule has 14 heteroatoms. The van der Waals surface area contributed by atoms with Crippen LogP contribution in [0.3, 0.4) is 0 Å². The van der Waals surface area contributed by atoms with Crippen molar-refractivity contribution in [2.75, 3.05) is 12.3 Å². The summed E-state index contributed by atoms with van der Waals surface area (Å²) in [5.41, 5.74) is 15.4. The molecule has 0 aromatic carbocycles. The second-order valence-corrected chi connectivity index (χ2v) is 6.07. The van der Waals surface area contributed by atoms with Crippen LogP contribution in [0, 0.1) is 0 Å². The van der Waals surface area contributed by atoms with Gasteiger partial charge < -0.3 is 38.3 Å². The predicted octanol–water partition coefficient (Wildman–Crippen LogP) is -4.45. The molecule has 13 nitrogen and oxygen atoms in total. The van der Waals surface area contributed by atoms with E-state index in [1.54, 1.807) is 0 Å². The van der Waals surface area contributed by atoms with Crippen molar-refractivity contribution >= 4 is 48.1 Å². The summed E-state index contributed by atoms with van der Waals surface area (Å²) >= 11 is 3.93. The van der Waals surface area contributed by atoms with Gasteiger partial charge in [0, 0.05) is 12.2 Å². The maximum atomic E-state index is 12.0. The van der Waals surface area contributed by atoms with Crippen molar-refractivity contribution in [3.8, 4) is 0 Å². The van der Waals surface area contributed by atoms with E-state index in [2.05, 4.69) is 23.3 Å². The third-order valence-electron chi connectivity index (χ3n) is 3.32. The van der Waals surface area contributed by atoms with Gasteiger partial charge in [0.15, 0.2) is 0 Å². The van der Waals surface area contributed by atoms with E-state index in [1.807, 2.05) is 5.32 Å². The van der Waals surface area contributed by atoms with Gasteiger partial charge in [-0.25, -0.2) is 4.79 Å². The minimum Gasteiger partial charge on any atom is -0.480 e. The highest BCUT2D eigenvalue weighted by Gasteiger charge is 2.25. The van der Waals surface area contributed by atoms with Gasteiger partial charge in [-0.3, -0.25) is 24.0 Å². The lowest BCUT2D eigenvalue weighted by Crippen LogP contribution is -2.54. The molecule has 0 saturated heterocycles. The standard InChI is InChI=1S/C14H24N6O7S/c15-6(1-2-9(16)21)12(24)20-8(5-28)13(25)18-4-11(23)19-7(14(26)27)3-10(17)22/h6-8,28H,1-5,15H2,(H2,16,21)(H2,17,22)(H,18,25)(H,19,23)(H,20,24)(H,26,27). The Labute approximate surface area is 165 Å². The molecule has 0 rings (SSSR count). The predicted molar refractivity (Wildman–Crippen MR) is 98.6 cm³/mol. The monoisotopic (exact) mass is 420 g/mol. The van der Waals surface area contributed by atoms with Crippen molar-refractivity contribution in [2.24, 2.45) is 17.2 Å². The molecule has 28 heavy (non-hydrogen) atoms. The van der Waals surface area contributed by atoms with E-state index in [9.17, 15) is 28.8 Å². The molecule has 0 bridgehead atoms. The van der Waals surface area contributed by atoms with Crippen LogP contribution in [0.2, 0.25) is 0 Å². The Morgan fingerprint density at radius 2 is 1.54 bits per heavy atom. The molecule has 3 atom stereocenters. The van der Waals surface area contributed by atoms with Crippen molar-refractivity contribution in [1.82, 2.24) is 16.0 Å². The van der Waals surface area contributed by atoms with Crippen molar-refractivity contribution in [2.45, 2.75) is 37.4 Å². The number of nitrogens with one attached hydrogen (secondary N) is 3. The molecule has 0 aliphatic rings. The number of carboxylic acids is 1. The second-order valence-electron chi connectivity index (χ2n) is 5.70. The van der Waals surface area contributed by atoms with Gasteiger partial charge in [0.1, 0.15) is 12.1 Å². The molecular weight excluding hydrogens is 396 g/mol. The number of thiol groups is 1. The summed E-state index contributed by atoms with van der Waals surface area (Å²) in [5, 5.41) is 15.4. The number of carbonyl (C=O) groups is 6. The Morgan fingerprint density at radius 3 is 2.00 bits per heavy atom. The largest absolute Gasteiger partial charge is 0.480 e. The molecule has 0 aromatic rings. The Kier molecular flexibility index (Phi) is 11.2. The first-order valence-electron chi connectivity index (χ1n) is 8.01. The van der Waals surface area contributed by atoms with Gasteiger partial charge in [0.05, 0.1) is 19.0 Å². The quantitative estimate of drug-likeness (QED) is 0.135. The lowest BCUT2D eigenvalue weighted by Gasteiger charge is -2.19. The van der Waals surface area contributed by atoms with E-state index in [0.717, 1.165) is 0 Å². The summed E-state index contributed by atoms with van der Waals surface area (Å²) in [7, 11) is 0. The molecule has 0 saturated carbocycles. The molecule has 0 spiro atoms. The summed E-state index contributed by atoms with van der Waals surface area (Å²) in [6, 6.07) is -3.74. The smallest absolute Gasteiger partial charge is 0.326 e. The number of carboxylic acid groups (broad SMARTS) is 1. The molecule has 0 radical (unpaired) electrons. The Hall–Kier alpha value is -2.87. The highest BCUT2D eigenvalue weighted by atomic mass is 32.1. The van der Waals surface area contributed by atoms with Gasteiger partial charge in [0.2, 0.25) is 29.5 Å². The number of nitrogens with two attached hydrogens (primary N) is 3. The number of amides is 5. The Bertz CT molecular complexity index is 629. The van der Waals surface area contributed by atoms with E-state index in [-0.39, 0.29) is 18.6 Å². The normalized spacial score (nSPS) is 13.5. The van der Waals surface area contributed by atoms with Crippen LogP contribution < -0.4 is 33.2 Å². The molecule has 0 aliphatic carbocycles. The molecule has 0 aromatic heterocycles. The average Bonchev–Trinajstić information content (AvgIpc) is 2.60. The fraction of sp³-hybridized carbons (Fsp3) is 0.571.